The summed E-state index contributed by atoms with van der Waals surface area (Å²) < 4.78 is 1.69. The fraction of sp³-hybridized carbons (Fsp3) is 0.385. The number of hydrogen-bond acceptors (Lipinski definition) is 5. The molecule has 0 aliphatic carbocycles. The van der Waals surface area contributed by atoms with Gasteiger partial charge in [-0.05, 0) is 19.4 Å². The number of rotatable bonds is 3. The zero-order valence-corrected chi connectivity index (χ0v) is 11.4. The van der Waals surface area contributed by atoms with Gasteiger partial charge in [0.15, 0.2) is 0 Å². The Kier molecular flexibility index (Phi) is 3.09. The van der Waals surface area contributed by atoms with E-state index >= 15 is 0 Å². The third kappa shape index (κ3) is 2.34. The maximum Gasteiger partial charge on any atom is 0.249 e. The molecule has 1 N–H and O–H groups in total. The van der Waals surface area contributed by atoms with Gasteiger partial charge in [-0.2, -0.15) is 5.10 Å². The smallest absolute Gasteiger partial charge is 0.249 e. The standard InChI is InChI=1S/C13H16N6O/c1-9-3-5-14-13(16-9)17-11-4-6-19(12(11)20)10-7-15-18(2)8-10/h3,5,7-8,11H,4,6H2,1-2H3,(H,14,16,17). The van der Waals surface area contributed by atoms with Crippen LogP contribution < -0.4 is 10.2 Å². The second-order valence-corrected chi connectivity index (χ2v) is 4.87. The van der Waals surface area contributed by atoms with Crippen molar-refractivity contribution in [3.63, 3.8) is 0 Å². The molecule has 1 fully saturated rings. The maximum absolute atomic E-state index is 12.4. The highest BCUT2D eigenvalue weighted by atomic mass is 16.2. The average molecular weight is 272 g/mol. The summed E-state index contributed by atoms with van der Waals surface area (Å²) in [5, 5.41) is 7.19. The van der Waals surface area contributed by atoms with Crippen LogP contribution in [0.15, 0.2) is 24.7 Å². The molecule has 7 heteroatoms. The van der Waals surface area contributed by atoms with E-state index in [4.69, 9.17) is 0 Å². The first-order valence-electron chi connectivity index (χ1n) is 6.50. The van der Waals surface area contributed by atoms with Crippen molar-refractivity contribution in [3.05, 3.63) is 30.4 Å². The van der Waals surface area contributed by atoms with Crippen LogP contribution in [0.5, 0.6) is 0 Å². The second-order valence-electron chi connectivity index (χ2n) is 4.87. The topological polar surface area (TPSA) is 75.9 Å². The third-order valence-electron chi connectivity index (χ3n) is 3.31. The molecule has 3 rings (SSSR count). The molecular weight excluding hydrogens is 256 g/mol. The summed E-state index contributed by atoms with van der Waals surface area (Å²) in [4.78, 5) is 22.5. The Hall–Kier alpha value is -2.44. The zero-order chi connectivity index (χ0) is 14.1. The van der Waals surface area contributed by atoms with Gasteiger partial charge in [-0.1, -0.05) is 0 Å². The van der Waals surface area contributed by atoms with Crippen LogP contribution in [0.2, 0.25) is 0 Å². The molecule has 7 nitrogen and oxygen atoms in total. The Morgan fingerprint density at radius 1 is 1.45 bits per heavy atom. The molecule has 0 saturated carbocycles. The van der Waals surface area contributed by atoms with E-state index in [2.05, 4.69) is 20.4 Å². The lowest BCUT2D eigenvalue weighted by Crippen LogP contribution is -2.33. The van der Waals surface area contributed by atoms with Gasteiger partial charge in [-0.15, -0.1) is 0 Å². The SMILES string of the molecule is Cc1ccnc(NC2CCN(c3cnn(C)c3)C2=O)n1. The minimum Gasteiger partial charge on any atom is -0.342 e. The Morgan fingerprint density at radius 2 is 2.30 bits per heavy atom. The van der Waals surface area contributed by atoms with Gasteiger partial charge >= 0.3 is 0 Å². The summed E-state index contributed by atoms with van der Waals surface area (Å²) in [5.41, 5.74) is 1.70. The fourth-order valence-corrected chi connectivity index (χ4v) is 2.29. The largest absolute Gasteiger partial charge is 0.342 e. The average Bonchev–Trinajstić information content (AvgIpc) is 2.97. The fourth-order valence-electron chi connectivity index (χ4n) is 2.29. The monoisotopic (exact) mass is 272 g/mol. The first-order valence-corrected chi connectivity index (χ1v) is 6.50. The van der Waals surface area contributed by atoms with E-state index in [0.717, 1.165) is 17.8 Å². The number of hydrogen-bond donors (Lipinski definition) is 1. The van der Waals surface area contributed by atoms with E-state index in [1.165, 1.54) is 0 Å². The van der Waals surface area contributed by atoms with Crippen LogP contribution in [0.3, 0.4) is 0 Å². The number of amides is 1. The lowest BCUT2D eigenvalue weighted by Gasteiger charge is -2.15. The van der Waals surface area contributed by atoms with Crippen molar-refractivity contribution in [1.82, 2.24) is 19.7 Å². The Balaban J connectivity index is 1.73. The summed E-state index contributed by atoms with van der Waals surface area (Å²) in [6, 6.07) is 1.54. The van der Waals surface area contributed by atoms with E-state index in [9.17, 15) is 4.79 Å². The van der Waals surface area contributed by atoms with E-state index in [1.807, 2.05) is 26.2 Å². The van der Waals surface area contributed by atoms with Crippen LogP contribution in [0.4, 0.5) is 11.6 Å². The van der Waals surface area contributed by atoms with E-state index in [-0.39, 0.29) is 11.9 Å². The van der Waals surface area contributed by atoms with Crippen LogP contribution in [-0.2, 0) is 11.8 Å². The van der Waals surface area contributed by atoms with Gasteiger partial charge < -0.3 is 10.2 Å². The van der Waals surface area contributed by atoms with Crippen LogP contribution in [0.1, 0.15) is 12.1 Å². The van der Waals surface area contributed by atoms with E-state index < -0.39 is 0 Å². The highest BCUT2D eigenvalue weighted by Crippen LogP contribution is 2.22. The first-order chi connectivity index (χ1) is 9.63. The van der Waals surface area contributed by atoms with Gasteiger partial charge in [0.05, 0.1) is 11.9 Å². The summed E-state index contributed by atoms with van der Waals surface area (Å²) in [7, 11) is 1.83. The molecule has 3 heterocycles. The van der Waals surface area contributed by atoms with Gasteiger partial charge in [0.1, 0.15) is 6.04 Å². The molecular formula is C13H16N6O. The van der Waals surface area contributed by atoms with Crippen molar-refractivity contribution in [2.45, 2.75) is 19.4 Å². The molecule has 0 spiro atoms. The number of carbonyl (C=O) groups excluding carboxylic acids is 1. The number of anilines is 2. The Morgan fingerprint density at radius 3 is 3.00 bits per heavy atom. The molecule has 1 saturated heterocycles. The van der Waals surface area contributed by atoms with Crippen molar-refractivity contribution in [2.24, 2.45) is 7.05 Å². The Bertz CT molecular complexity index is 637. The predicted molar refractivity (Wildman–Crippen MR) is 74.4 cm³/mol. The molecule has 0 radical (unpaired) electrons. The van der Waals surface area contributed by atoms with Crippen LogP contribution in [-0.4, -0.2) is 38.2 Å². The quantitative estimate of drug-likeness (QED) is 0.891. The van der Waals surface area contributed by atoms with Crippen molar-refractivity contribution in [3.8, 4) is 0 Å². The summed E-state index contributed by atoms with van der Waals surface area (Å²) in [5.74, 6) is 0.527. The maximum atomic E-state index is 12.4. The second kappa shape index (κ2) is 4.92. The lowest BCUT2D eigenvalue weighted by atomic mass is 10.2. The number of nitrogens with one attached hydrogen (secondary N) is 1. The van der Waals surface area contributed by atoms with Crippen LogP contribution in [0.25, 0.3) is 0 Å². The molecule has 2 aromatic heterocycles. The number of aryl methyl sites for hydroxylation is 2. The lowest BCUT2D eigenvalue weighted by molar-refractivity contribution is -0.117. The van der Waals surface area contributed by atoms with Gasteiger partial charge in [-0.25, -0.2) is 9.97 Å². The zero-order valence-electron chi connectivity index (χ0n) is 11.4. The number of aromatic nitrogens is 4. The molecule has 0 bridgehead atoms. The third-order valence-corrected chi connectivity index (χ3v) is 3.31. The van der Waals surface area contributed by atoms with Crippen LogP contribution >= 0.6 is 0 Å². The van der Waals surface area contributed by atoms with Crippen molar-refractivity contribution in [2.75, 3.05) is 16.8 Å². The van der Waals surface area contributed by atoms with Gasteiger partial charge in [0, 0.05) is 31.7 Å². The van der Waals surface area contributed by atoms with Gasteiger partial charge in [-0.3, -0.25) is 9.48 Å². The molecule has 1 amide bonds. The summed E-state index contributed by atoms with van der Waals surface area (Å²) in [6.07, 6.45) is 5.95. The molecule has 0 aromatic carbocycles. The minimum atomic E-state index is -0.281. The molecule has 104 valence electrons. The van der Waals surface area contributed by atoms with Crippen molar-refractivity contribution in [1.29, 1.82) is 0 Å². The minimum absolute atomic E-state index is 0.0307. The Labute approximate surface area is 116 Å². The summed E-state index contributed by atoms with van der Waals surface area (Å²) in [6.45, 7) is 2.57. The molecule has 1 atom stereocenters. The summed E-state index contributed by atoms with van der Waals surface area (Å²) >= 11 is 0. The number of nitrogens with zero attached hydrogens (tertiary/aromatic N) is 5. The molecule has 1 unspecified atom stereocenters. The van der Waals surface area contributed by atoms with E-state index in [1.54, 1.807) is 22.0 Å². The van der Waals surface area contributed by atoms with Crippen molar-refractivity contribution < 1.29 is 4.79 Å². The normalized spacial score (nSPS) is 18.6. The molecule has 1 aliphatic heterocycles. The molecule has 1 aliphatic rings. The van der Waals surface area contributed by atoms with Crippen molar-refractivity contribution >= 4 is 17.5 Å². The van der Waals surface area contributed by atoms with E-state index in [0.29, 0.717) is 12.5 Å². The van der Waals surface area contributed by atoms with Crippen LogP contribution in [0, 0.1) is 6.92 Å². The first kappa shape index (κ1) is 12.6. The molecule has 20 heavy (non-hydrogen) atoms. The van der Waals surface area contributed by atoms with Gasteiger partial charge in [0.2, 0.25) is 11.9 Å². The number of carbonyl (C=O) groups is 1. The predicted octanol–water partition coefficient (Wildman–Crippen LogP) is 0.736. The highest BCUT2D eigenvalue weighted by molar-refractivity contribution is 6.00. The molecule has 2 aromatic rings. The highest BCUT2D eigenvalue weighted by Gasteiger charge is 2.33. The van der Waals surface area contributed by atoms with Gasteiger partial charge in [0.25, 0.3) is 0 Å².